The Bertz CT molecular complexity index is 291. The van der Waals surface area contributed by atoms with Crippen LogP contribution in [-0.2, 0) is 19.0 Å². The summed E-state index contributed by atoms with van der Waals surface area (Å²) in [6, 6.07) is 5.32. The van der Waals surface area contributed by atoms with Gasteiger partial charge in [0.25, 0.3) is 0 Å². The molecule has 1 aromatic rings. The highest BCUT2D eigenvalue weighted by molar-refractivity contribution is 5.30. The molecule has 1 rings (SSSR count). The summed E-state index contributed by atoms with van der Waals surface area (Å²) in [5.41, 5.74) is 0.679. The Morgan fingerprint density at radius 2 is 1.79 bits per heavy atom. The van der Waals surface area contributed by atoms with Crippen molar-refractivity contribution in [2.75, 3.05) is 0 Å². The number of hydrogen-bond acceptors (Lipinski definition) is 0. The summed E-state index contributed by atoms with van der Waals surface area (Å²) in [5.74, 6) is 0. The fourth-order valence-electron chi connectivity index (χ4n) is 1.24. The molecular formula is C11H12F3. The number of hydrogen-bond donors (Lipinski definition) is 0. The maximum Gasteiger partial charge on any atom is 0.417 e. The van der Waals surface area contributed by atoms with E-state index in [0.717, 1.165) is 0 Å². The number of halogens is 3. The van der Waals surface area contributed by atoms with Gasteiger partial charge in [-0.05, 0) is 36.1 Å². The van der Waals surface area contributed by atoms with Crippen LogP contribution in [0.1, 0.15) is 30.5 Å². The van der Waals surface area contributed by atoms with Crippen LogP contribution in [0.5, 0.6) is 0 Å². The third-order valence-electron chi connectivity index (χ3n) is 2.08. The summed E-state index contributed by atoms with van der Waals surface area (Å²) in [6.07, 6.45) is -3.09. The van der Waals surface area contributed by atoms with Gasteiger partial charge in [0.1, 0.15) is 0 Å². The molecule has 0 atom stereocenters. The smallest absolute Gasteiger partial charge is 0.166 e. The van der Waals surface area contributed by atoms with Crippen molar-refractivity contribution in [3.8, 4) is 0 Å². The predicted octanol–water partition coefficient (Wildman–Crippen LogP) is 3.63. The molecule has 0 bridgehead atoms. The van der Waals surface area contributed by atoms with E-state index in [1.165, 1.54) is 6.07 Å². The normalized spacial score (nSPS) is 11.8. The van der Waals surface area contributed by atoms with E-state index in [1.807, 2.05) is 13.8 Å². The van der Waals surface area contributed by atoms with E-state index in [2.05, 4.69) is 6.07 Å². The lowest BCUT2D eigenvalue weighted by molar-refractivity contribution is -0.137. The van der Waals surface area contributed by atoms with Crippen LogP contribution in [0.15, 0.2) is 12.1 Å². The zero-order valence-corrected chi connectivity index (χ0v) is 8.20. The molecule has 0 aliphatic carbocycles. The maximum atomic E-state index is 12.4. The van der Waals surface area contributed by atoms with Crippen LogP contribution < -0.4 is 0 Å². The zero-order chi connectivity index (χ0) is 10.8. The van der Waals surface area contributed by atoms with Crippen molar-refractivity contribution >= 4 is 0 Å². The quantitative estimate of drug-likeness (QED) is 0.685. The lowest BCUT2D eigenvalue weighted by Gasteiger charge is -2.09. The van der Waals surface area contributed by atoms with Crippen LogP contribution in [0, 0.1) is 6.07 Å². The van der Waals surface area contributed by atoms with Crippen LogP contribution in [0.2, 0.25) is 0 Å². The number of aryl methyl sites for hydroxylation is 2. The van der Waals surface area contributed by atoms with Gasteiger partial charge >= 0.3 is 6.18 Å². The van der Waals surface area contributed by atoms with Gasteiger partial charge in [-0.15, -0.1) is 0 Å². The fourth-order valence-corrected chi connectivity index (χ4v) is 1.24. The van der Waals surface area contributed by atoms with E-state index in [9.17, 15) is 13.2 Å². The molecule has 0 amide bonds. The number of benzene rings is 1. The highest BCUT2D eigenvalue weighted by Gasteiger charge is 2.31. The Morgan fingerprint density at radius 1 is 1.14 bits per heavy atom. The molecule has 77 valence electrons. The Morgan fingerprint density at radius 3 is 2.21 bits per heavy atom. The molecule has 0 saturated carbocycles. The predicted molar refractivity (Wildman–Crippen MR) is 49.0 cm³/mol. The molecule has 0 aliphatic heterocycles. The molecule has 0 aliphatic rings. The van der Waals surface area contributed by atoms with Gasteiger partial charge in [-0.3, -0.25) is 0 Å². The average molecular weight is 201 g/mol. The summed E-state index contributed by atoms with van der Waals surface area (Å²) < 4.78 is 37.2. The monoisotopic (exact) mass is 201 g/mol. The molecular weight excluding hydrogens is 189 g/mol. The first-order valence-corrected chi connectivity index (χ1v) is 4.59. The van der Waals surface area contributed by atoms with Crippen molar-refractivity contribution in [3.63, 3.8) is 0 Å². The topological polar surface area (TPSA) is 0 Å². The SMILES string of the molecule is CCc1[c]c(C(F)(F)F)cc(CC)c1. The summed E-state index contributed by atoms with van der Waals surface area (Å²) in [7, 11) is 0. The molecule has 3 heteroatoms. The van der Waals surface area contributed by atoms with Gasteiger partial charge in [0.2, 0.25) is 0 Å². The molecule has 0 fully saturated rings. The van der Waals surface area contributed by atoms with Crippen LogP contribution in [-0.4, -0.2) is 0 Å². The second-order valence-electron chi connectivity index (χ2n) is 3.13. The average Bonchev–Trinajstić information content (AvgIpc) is 2.15. The van der Waals surface area contributed by atoms with Crippen LogP contribution in [0.3, 0.4) is 0 Å². The summed E-state index contributed by atoms with van der Waals surface area (Å²) in [5, 5.41) is 0. The van der Waals surface area contributed by atoms with E-state index in [-0.39, 0.29) is 0 Å². The number of alkyl halides is 3. The van der Waals surface area contributed by atoms with E-state index < -0.39 is 11.7 Å². The molecule has 0 heterocycles. The minimum absolute atomic E-state index is 0.580. The summed E-state index contributed by atoms with van der Waals surface area (Å²) in [4.78, 5) is 0. The van der Waals surface area contributed by atoms with Gasteiger partial charge in [0, 0.05) is 0 Å². The summed E-state index contributed by atoms with van der Waals surface area (Å²) in [6.45, 7) is 3.67. The lowest BCUT2D eigenvalue weighted by Crippen LogP contribution is -2.07. The largest absolute Gasteiger partial charge is 0.417 e. The highest BCUT2D eigenvalue weighted by Crippen LogP contribution is 2.30. The van der Waals surface area contributed by atoms with Gasteiger partial charge in [-0.25, -0.2) is 0 Å². The van der Waals surface area contributed by atoms with Crippen molar-refractivity contribution in [2.45, 2.75) is 32.9 Å². The van der Waals surface area contributed by atoms with Crippen molar-refractivity contribution < 1.29 is 13.2 Å². The molecule has 0 saturated heterocycles. The molecule has 0 unspecified atom stereocenters. The molecule has 0 N–H and O–H groups in total. The standard InChI is InChI=1S/C11H12F3/c1-3-8-5-9(4-2)7-10(6-8)11(12,13)14/h5-6H,3-4H2,1-2H3. The van der Waals surface area contributed by atoms with Crippen LogP contribution in [0.4, 0.5) is 13.2 Å². The van der Waals surface area contributed by atoms with Crippen LogP contribution >= 0.6 is 0 Å². The molecule has 0 spiro atoms. The minimum Gasteiger partial charge on any atom is -0.166 e. The first-order valence-electron chi connectivity index (χ1n) is 4.59. The minimum atomic E-state index is -4.28. The zero-order valence-electron chi connectivity index (χ0n) is 8.20. The third kappa shape index (κ3) is 2.50. The van der Waals surface area contributed by atoms with E-state index in [1.54, 1.807) is 6.07 Å². The van der Waals surface area contributed by atoms with Crippen molar-refractivity contribution in [1.82, 2.24) is 0 Å². The second-order valence-corrected chi connectivity index (χ2v) is 3.13. The lowest BCUT2D eigenvalue weighted by atomic mass is 10.0. The Kier molecular flexibility index (Phi) is 3.19. The molecule has 1 radical (unpaired) electrons. The molecule has 0 nitrogen and oxygen atoms in total. The van der Waals surface area contributed by atoms with Gasteiger partial charge in [0.05, 0.1) is 5.56 Å². The van der Waals surface area contributed by atoms with Gasteiger partial charge in [-0.1, -0.05) is 19.9 Å². The van der Waals surface area contributed by atoms with Gasteiger partial charge < -0.3 is 0 Å². The van der Waals surface area contributed by atoms with Gasteiger partial charge in [0.15, 0.2) is 0 Å². The van der Waals surface area contributed by atoms with E-state index >= 15 is 0 Å². The van der Waals surface area contributed by atoms with E-state index in [0.29, 0.717) is 24.0 Å². The first-order chi connectivity index (χ1) is 6.47. The Hall–Kier alpha value is -0.990. The Labute approximate surface area is 81.8 Å². The van der Waals surface area contributed by atoms with Crippen molar-refractivity contribution in [1.29, 1.82) is 0 Å². The van der Waals surface area contributed by atoms with Crippen LogP contribution in [0.25, 0.3) is 0 Å². The first kappa shape index (κ1) is 11.1. The summed E-state index contributed by atoms with van der Waals surface area (Å²) >= 11 is 0. The highest BCUT2D eigenvalue weighted by atomic mass is 19.4. The van der Waals surface area contributed by atoms with E-state index in [4.69, 9.17) is 0 Å². The maximum absolute atomic E-state index is 12.4. The van der Waals surface area contributed by atoms with Crippen molar-refractivity contribution in [2.24, 2.45) is 0 Å². The van der Waals surface area contributed by atoms with Gasteiger partial charge in [-0.2, -0.15) is 13.2 Å². The second kappa shape index (κ2) is 4.03. The number of rotatable bonds is 2. The third-order valence-corrected chi connectivity index (χ3v) is 2.08. The molecule has 1 aromatic carbocycles. The molecule has 0 aromatic heterocycles. The molecule has 14 heavy (non-hydrogen) atoms. The van der Waals surface area contributed by atoms with Crippen molar-refractivity contribution in [3.05, 3.63) is 34.9 Å². The fraction of sp³-hybridized carbons (Fsp3) is 0.455. The Balaban J connectivity index is 3.17.